The van der Waals surface area contributed by atoms with Crippen molar-refractivity contribution in [1.82, 2.24) is 0 Å². The first-order valence-electron chi connectivity index (χ1n) is 6.79. The van der Waals surface area contributed by atoms with Gasteiger partial charge in [0.15, 0.2) is 0 Å². The number of hydrogen-bond acceptors (Lipinski definition) is 0. The summed E-state index contributed by atoms with van der Waals surface area (Å²) in [7, 11) is 0. The lowest BCUT2D eigenvalue weighted by atomic mass is 9.80. The van der Waals surface area contributed by atoms with E-state index in [1.165, 1.54) is 49.7 Å². The minimum Gasteiger partial charge on any atom is -0.0625 e. The number of hydrogen-bond donors (Lipinski definition) is 0. The van der Waals surface area contributed by atoms with Crippen LogP contribution in [0, 0.1) is 18.8 Å². The third kappa shape index (κ3) is 3.37. The van der Waals surface area contributed by atoms with Crippen molar-refractivity contribution in [1.29, 1.82) is 0 Å². The molecule has 0 saturated heterocycles. The van der Waals surface area contributed by atoms with Gasteiger partial charge in [0, 0.05) is 1.43 Å². The molecule has 90 valence electrons. The van der Waals surface area contributed by atoms with Crippen LogP contribution in [-0.4, -0.2) is 0 Å². The Bertz CT molecular complexity index is 324. The zero-order valence-electron chi connectivity index (χ0n) is 10.7. The van der Waals surface area contributed by atoms with Gasteiger partial charge in [0.05, 0.1) is 0 Å². The van der Waals surface area contributed by atoms with Gasteiger partial charge < -0.3 is 0 Å². The lowest BCUT2D eigenvalue weighted by Crippen LogP contribution is -2.12. The van der Waals surface area contributed by atoms with Crippen molar-refractivity contribution in [2.24, 2.45) is 11.8 Å². The Morgan fingerprint density at radius 1 is 1.19 bits per heavy atom. The van der Waals surface area contributed by atoms with Crippen LogP contribution < -0.4 is 0 Å². The summed E-state index contributed by atoms with van der Waals surface area (Å²) in [6, 6.07) is 8.99. The van der Waals surface area contributed by atoms with Crippen molar-refractivity contribution in [3.63, 3.8) is 0 Å². The van der Waals surface area contributed by atoms with Crippen molar-refractivity contribution >= 4 is 0 Å². The Hall–Kier alpha value is -0.780. The molecule has 1 aliphatic carbocycles. The van der Waals surface area contributed by atoms with E-state index >= 15 is 0 Å². The Kier molecular flexibility index (Phi) is 4.04. The highest BCUT2D eigenvalue weighted by molar-refractivity contribution is 5.22. The predicted octanol–water partition coefficient (Wildman–Crippen LogP) is 5.00. The van der Waals surface area contributed by atoms with Crippen LogP contribution in [0.3, 0.4) is 0 Å². The third-order valence-corrected chi connectivity index (χ3v) is 4.06. The maximum Gasteiger partial charge on any atom is 0 e. The monoisotopic (exact) mass is 218 g/mol. The standard InChI is InChI=1S/C16H24.H2/c1-13-6-8-15(9-7-13)10-11-16-5-3-4-14(2)12-16;/h3-5,12-13,15H,6-11H2,1-2H3;1H. The molecule has 0 unspecified atom stereocenters. The van der Waals surface area contributed by atoms with E-state index in [2.05, 4.69) is 38.1 Å². The van der Waals surface area contributed by atoms with Crippen LogP contribution in [-0.2, 0) is 6.42 Å². The van der Waals surface area contributed by atoms with Gasteiger partial charge in [0.2, 0.25) is 0 Å². The molecule has 0 aromatic heterocycles. The van der Waals surface area contributed by atoms with Crippen LogP contribution >= 0.6 is 0 Å². The highest BCUT2D eigenvalue weighted by Crippen LogP contribution is 2.31. The van der Waals surface area contributed by atoms with Crippen molar-refractivity contribution in [2.45, 2.75) is 52.4 Å². The van der Waals surface area contributed by atoms with Crippen molar-refractivity contribution < 1.29 is 1.43 Å². The summed E-state index contributed by atoms with van der Waals surface area (Å²) in [5, 5.41) is 0. The molecular formula is C16H26. The van der Waals surface area contributed by atoms with Gasteiger partial charge in [-0.2, -0.15) is 0 Å². The molecule has 0 radical (unpaired) electrons. The Labute approximate surface area is 102 Å². The molecule has 0 N–H and O–H groups in total. The second kappa shape index (κ2) is 5.52. The Morgan fingerprint density at radius 3 is 2.62 bits per heavy atom. The fourth-order valence-corrected chi connectivity index (χ4v) is 2.86. The summed E-state index contributed by atoms with van der Waals surface area (Å²) in [5.74, 6) is 1.98. The quantitative estimate of drug-likeness (QED) is 0.669. The fourth-order valence-electron chi connectivity index (χ4n) is 2.86. The smallest absolute Gasteiger partial charge is 0 e. The highest BCUT2D eigenvalue weighted by atomic mass is 14.2. The van der Waals surface area contributed by atoms with Gasteiger partial charge in [0.25, 0.3) is 0 Å². The van der Waals surface area contributed by atoms with Crippen LogP contribution in [0.2, 0.25) is 0 Å². The van der Waals surface area contributed by atoms with E-state index in [4.69, 9.17) is 0 Å². The molecule has 0 heterocycles. The summed E-state index contributed by atoms with van der Waals surface area (Å²) in [6.07, 6.45) is 8.52. The second-order valence-electron chi connectivity index (χ2n) is 5.65. The maximum absolute atomic E-state index is 2.40. The zero-order valence-corrected chi connectivity index (χ0v) is 10.7. The van der Waals surface area contributed by atoms with Crippen LogP contribution in [0.5, 0.6) is 0 Å². The molecule has 0 heteroatoms. The molecule has 0 spiro atoms. The van der Waals surface area contributed by atoms with Crippen molar-refractivity contribution in [3.8, 4) is 0 Å². The van der Waals surface area contributed by atoms with Gasteiger partial charge in [-0.25, -0.2) is 0 Å². The van der Waals surface area contributed by atoms with Crippen molar-refractivity contribution in [2.75, 3.05) is 0 Å². The van der Waals surface area contributed by atoms with Gasteiger partial charge >= 0.3 is 0 Å². The van der Waals surface area contributed by atoms with E-state index in [0.29, 0.717) is 0 Å². The summed E-state index contributed by atoms with van der Waals surface area (Å²) >= 11 is 0. The Balaban J connectivity index is 0.00000144. The van der Waals surface area contributed by atoms with Crippen LogP contribution in [0.1, 0.15) is 51.6 Å². The molecule has 0 bridgehead atoms. The first-order chi connectivity index (χ1) is 7.74. The average molecular weight is 218 g/mol. The largest absolute Gasteiger partial charge is 0.0625 e. The molecule has 1 saturated carbocycles. The first kappa shape index (κ1) is 11.7. The molecule has 0 atom stereocenters. The minimum absolute atomic E-state index is 0. The predicted molar refractivity (Wildman–Crippen MR) is 72.7 cm³/mol. The molecule has 1 aromatic carbocycles. The summed E-state index contributed by atoms with van der Waals surface area (Å²) in [6.45, 7) is 4.59. The highest BCUT2D eigenvalue weighted by Gasteiger charge is 2.17. The lowest BCUT2D eigenvalue weighted by Gasteiger charge is -2.26. The number of rotatable bonds is 3. The number of benzene rings is 1. The number of aryl methyl sites for hydroxylation is 2. The minimum atomic E-state index is 0. The summed E-state index contributed by atoms with van der Waals surface area (Å²) < 4.78 is 0. The maximum atomic E-state index is 2.40. The van der Waals surface area contributed by atoms with Gasteiger partial charge in [-0.3, -0.25) is 0 Å². The molecule has 2 rings (SSSR count). The zero-order chi connectivity index (χ0) is 11.4. The molecule has 0 nitrogen and oxygen atoms in total. The second-order valence-corrected chi connectivity index (χ2v) is 5.65. The molecule has 1 aromatic rings. The fraction of sp³-hybridized carbons (Fsp3) is 0.625. The molecule has 16 heavy (non-hydrogen) atoms. The van der Waals surface area contributed by atoms with Crippen LogP contribution in [0.15, 0.2) is 24.3 Å². The van der Waals surface area contributed by atoms with Crippen molar-refractivity contribution in [3.05, 3.63) is 35.4 Å². The van der Waals surface area contributed by atoms with Gasteiger partial charge in [-0.05, 0) is 37.2 Å². The summed E-state index contributed by atoms with van der Waals surface area (Å²) in [4.78, 5) is 0. The first-order valence-corrected chi connectivity index (χ1v) is 6.79. The molecule has 0 amide bonds. The van der Waals surface area contributed by atoms with Gasteiger partial charge in [0.1, 0.15) is 0 Å². The normalized spacial score (nSPS) is 25.6. The van der Waals surface area contributed by atoms with E-state index in [9.17, 15) is 0 Å². The van der Waals surface area contributed by atoms with E-state index in [1.54, 1.807) is 0 Å². The van der Waals surface area contributed by atoms with Gasteiger partial charge in [-0.1, -0.05) is 62.4 Å². The van der Waals surface area contributed by atoms with E-state index < -0.39 is 0 Å². The van der Waals surface area contributed by atoms with E-state index in [-0.39, 0.29) is 1.43 Å². The lowest BCUT2D eigenvalue weighted by molar-refractivity contribution is 0.278. The Morgan fingerprint density at radius 2 is 1.94 bits per heavy atom. The molecular weight excluding hydrogens is 192 g/mol. The average Bonchev–Trinajstić information content (AvgIpc) is 2.28. The van der Waals surface area contributed by atoms with Gasteiger partial charge in [-0.15, -0.1) is 0 Å². The third-order valence-electron chi connectivity index (χ3n) is 4.06. The van der Waals surface area contributed by atoms with E-state index in [0.717, 1.165) is 11.8 Å². The van der Waals surface area contributed by atoms with E-state index in [1.807, 2.05) is 0 Å². The van der Waals surface area contributed by atoms with Crippen LogP contribution in [0.25, 0.3) is 0 Å². The SMILES string of the molecule is Cc1cccc(CCC2CCC(C)CC2)c1.[HH]. The molecule has 0 aliphatic heterocycles. The molecule has 1 aliphatic rings. The summed E-state index contributed by atoms with van der Waals surface area (Å²) in [5.41, 5.74) is 2.92. The topological polar surface area (TPSA) is 0 Å². The molecule has 1 fully saturated rings. The van der Waals surface area contributed by atoms with Crippen LogP contribution in [0.4, 0.5) is 0 Å².